The van der Waals surface area contributed by atoms with Crippen LogP contribution in [-0.4, -0.2) is 29.3 Å². The number of imide groups is 1. The highest BCUT2D eigenvalue weighted by atomic mass is 35.5. The number of benzene rings is 3. The number of thioether (sulfide) groups is 1. The second-order valence-corrected chi connectivity index (χ2v) is 8.42. The Kier molecular flexibility index (Phi) is 7.32. The van der Waals surface area contributed by atoms with E-state index >= 15 is 0 Å². The molecular formula is C25H19ClFNO4S. The third-order valence-corrected chi connectivity index (χ3v) is 6.07. The summed E-state index contributed by atoms with van der Waals surface area (Å²) in [6.07, 6.45) is 1.60. The first-order valence-corrected chi connectivity index (χ1v) is 11.3. The molecular weight excluding hydrogens is 465 g/mol. The molecule has 2 amide bonds. The smallest absolute Gasteiger partial charge is 0.293 e. The van der Waals surface area contributed by atoms with Crippen molar-refractivity contribution in [3.05, 3.63) is 99.7 Å². The number of hydrogen-bond donors (Lipinski definition) is 0. The third-order valence-electron chi connectivity index (χ3n) is 4.81. The predicted octanol–water partition coefficient (Wildman–Crippen LogP) is 6.17. The van der Waals surface area contributed by atoms with Gasteiger partial charge >= 0.3 is 0 Å². The molecule has 33 heavy (non-hydrogen) atoms. The maximum Gasteiger partial charge on any atom is 0.293 e. The Balaban J connectivity index is 1.44. The highest BCUT2D eigenvalue weighted by molar-refractivity contribution is 8.18. The summed E-state index contributed by atoms with van der Waals surface area (Å²) in [5.74, 6) is 0.227. The highest BCUT2D eigenvalue weighted by Crippen LogP contribution is 2.36. The summed E-state index contributed by atoms with van der Waals surface area (Å²) in [5.41, 5.74) is 0.747. The summed E-state index contributed by atoms with van der Waals surface area (Å²) in [5, 5.41) is -0.324. The van der Waals surface area contributed by atoms with E-state index in [-0.39, 0.29) is 22.0 Å². The quantitative estimate of drug-likeness (QED) is 0.283. The Hall–Kier alpha value is -3.29. The average molecular weight is 484 g/mol. The van der Waals surface area contributed by atoms with Crippen molar-refractivity contribution in [1.82, 2.24) is 4.90 Å². The first-order valence-electron chi connectivity index (χ1n) is 10.1. The molecule has 3 aromatic rings. The summed E-state index contributed by atoms with van der Waals surface area (Å²) < 4.78 is 25.6. The lowest BCUT2D eigenvalue weighted by atomic mass is 10.1. The van der Waals surface area contributed by atoms with E-state index in [1.807, 2.05) is 42.5 Å². The molecule has 1 fully saturated rings. The first-order chi connectivity index (χ1) is 16.0. The molecule has 0 saturated carbocycles. The standard InChI is InChI=1S/C25H19ClFNO4S/c26-20-10-6-11-21(27)19(20)16-28-24(29)23(33-25(28)30)15-17-7-4-5-12-22(17)32-14-13-31-18-8-2-1-3-9-18/h1-12,15H,13-14,16H2/b23-15-. The van der Waals surface area contributed by atoms with Crippen LogP contribution in [-0.2, 0) is 11.3 Å². The van der Waals surface area contributed by atoms with E-state index in [2.05, 4.69) is 0 Å². The second kappa shape index (κ2) is 10.6. The van der Waals surface area contributed by atoms with Crippen LogP contribution in [0.5, 0.6) is 11.5 Å². The minimum Gasteiger partial charge on any atom is -0.490 e. The predicted molar refractivity (Wildman–Crippen MR) is 127 cm³/mol. The molecule has 0 N–H and O–H groups in total. The van der Waals surface area contributed by atoms with E-state index < -0.39 is 17.0 Å². The van der Waals surface area contributed by atoms with Gasteiger partial charge in [-0.3, -0.25) is 14.5 Å². The van der Waals surface area contributed by atoms with Crippen LogP contribution in [0.25, 0.3) is 6.08 Å². The summed E-state index contributed by atoms with van der Waals surface area (Å²) in [4.78, 5) is 26.5. The van der Waals surface area contributed by atoms with Gasteiger partial charge in [0.05, 0.1) is 11.4 Å². The van der Waals surface area contributed by atoms with Gasteiger partial charge in [0.25, 0.3) is 11.1 Å². The Labute approximate surface area is 199 Å². The molecule has 0 aromatic heterocycles. The maximum atomic E-state index is 14.1. The van der Waals surface area contributed by atoms with Gasteiger partial charge in [-0.1, -0.05) is 54.1 Å². The number of halogens is 2. The van der Waals surface area contributed by atoms with E-state index in [1.165, 1.54) is 18.2 Å². The lowest BCUT2D eigenvalue weighted by Gasteiger charge is -2.14. The SMILES string of the molecule is O=C1S/C(=C\c2ccccc2OCCOc2ccccc2)C(=O)N1Cc1c(F)cccc1Cl. The van der Waals surface area contributed by atoms with Gasteiger partial charge in [-0.15, -0.1) is 0 Å². The minimum atomic E-state index is -0.568. The van der Waals surface area contributed by atoms with Crippen molar-refractivity contribution in [2.75, 3.05) is 13.2 Å². The maximum absolute atomic E-state index is 14.1. The van der Waals surface area contributed by atoms with Crippen molar-refractivity contribution in [1.29, 1.82) is 0 Å². The number of para-hydroxylation sites is 2. The molecule has 0 aliphatic carbocycles. The number of carbonyl (C=O) groups excluding carboxylic acids is 2. The lowest BCUT2D eigenvalue weighted by Crippen LogP contribution is -2.28. The van der Waals surface area contributed by atoms with Gasteiger partial charge in [0.1, 0.15) is 30.5 Å². The first kappa shape index (κ1) is 22.9. The third kappa shape index (κ3) is 5.56. The monoisotopic (exact) mass is 483 g/mol. The molecule has 5 nitrogen and oxygen atoms in total. The number of rotatable bonds is 8. The van der Waals surface area contributed by atoms with E-state index in [0.29, 0.717) is 24.5 Å². The molecule has 168 valence electrons. The lowest BCUT2D eigenvalue weighted by molar-refractivity contribution is -0.123. The van der Waals surface area contributed by atoms with Gasteiger partial charge in [0, 0.05) is 16.1 Å². The van der Waals surface area contributed by atoms with E-state index in [1.54, 1.807) is 18.2 Å². The number of carbonyl (C=O) groups is 2. The van der Waals surface area contributed by atoms with E-state index in [4.69, 9.17) is 21.1 Å². The molecule has 1 aliphatic heterocycles. The van der Waals surface area contributed by atoms with Gasteiger partial charge < -0.3 is 9.47 Å². The molecule has 4 rings (SSSR count). The molecule has 0 atom stereocenters. The molecule has 1 saturated heterocycles. The molecule has 0 radical (unpaired) electrons. The normalized spacial score (nSPS) is 14.7. The van der Waals surface area contributed by atoms with Crippen molar-refractivity contribution >= 4 is 40.6 Å². The fraction of sp³-hybridized carbons (Fsp3) is 0.120. The van der Waals surface area contributed by atoms with Gasteiger partial charge in [0.2, 0.25) is 0 Å². The molecule has 0 unspecified atom stereocenters. The van der Waals surface area contributed by atoms with Crippen molar-refractivity contribution < 1.29 is 23.5 Å². The van der Waals surface area contributed by atoms with Crippen molar-refractivity contribution in [2.24, 2.45) is 0 Å². The van der Waals surface area contributed by atoms with Crippen molar-refractivity contribution in [2.45, 2.75) is 6.54 Å². The molecule has 0 spiro atoms. The van der Waals surface area contributed by atoms with E-state index in [9.17, 15) is 14.0 Å². The topological polar surface area (TPSA) is 55.8 Å². The summed E-state index contributed by atoms with van der Waals surface area (Å²) in [7, 11) is 0. The van der Waals surface area contributed by atoms with Crippen LogP contribution in [0.1, 0.15) is 11.1 Å². The van der Waals surface area contributed by atoms with Crippen molar-refractivity contribution in [3.8, 4) is 11.5 Å². The number of ether oxygens (including phenoxy) is 2. The molecule has 1 heterocycles. The van der Waals surface area contributed by atoms with Gasteiger partial charge in [-0.2, -0.15) is 0 Å². The Morgan fingerprint density at radius 3 is 2.42 bits per heavy atom. The Bertz CT molecular complexity index is 1180. The van der Waals surface area contributed by atoms with Gasteiger partial charge in [0.15, 0.2) is 0 Å². The van der Waals surface area contributed by atoms with Crippen LogP contribution >= 0.6 is 23.4 Å². The van der Waals surface area contributed by atoms with Crippen LogP contribution in [0.3, 0.4) is 0 Å². The number of hydrogen-bond acceptors (Lipinski definition) is 5. The van der Waals surface area contributed by atoms with Crippen LogP contribution in [0, 0.1) is 5.82 Å². The highest BCUT2D eigenvalue weighted by Gasteiger charge is 2.36. The summed E-state index contributed by atoms with van der Waals surface area (Å²) in [6.45, 7) is 0.410. The average Bonchev–Trinajstić information content (AvgIpc) is 3.08. The van der Waals surface area contributed by atoms with Crippen LogP contribution < -0.4 is 9.47 Å². The fourth-order valence-electron chi connectivity index (χ4n) is 3.18. The van der Waals surface area contributed by atoms with E-state index in [0.717, 1.165) is 22.4 Å². The zero-order valence-electron chi connectivity index (χ0n) is 17.4. The van der Waals surface area contributed by atoms with Crippen LogP contribution in [0.4, 0.5) is 9.18 Å². The summed E-state index contributed by atoms with van der Waals surface area (Å²) >= 11 is 6.85. The van der Waals surface area contributed by atoms with Crippen LogP contribution in [0.15, 0.2) is 77.7 Å². The molecule has 3 aromatic carbocycles. The van der Waals surface area contributed by atoms with Gasteiger partial charge in [-0.25, -0.2) is 4.39 Å². The molecule has 0 bridgehead atoms. The largest absolute Gasteiger partial charge is 0.490 e. The minimum absolute atomic E-state index is 0.102. The second-order valence-electron chi connectivity index (χ2n) is 7.02. The van der Waals surface area contributed by atoms with Crippen LogP contribution in [0.2, 0.25) is 5.02 Å². The van der Waals surface area contributed by atoms with Crippen molar-refractivity contribution in [3.63, 3.8) is 0 Å². The fourth-order valence-corrected chi connectivity index (χ4v) is 4.23. The van der Waals surface area contributed by atoms with Gasteiger partial charge in [-0.05, 0) is 48.2 Å². The molecule has 8 heteroatoms. The Morgan fingerprint density at radius 2 is 1.64 bits per heavy atom. The number of nitrogens with zero attached hydrogens (tertiary/aromatic N) is 1. The zero-order chi connectivity index (χ0) is 23.2. The Morgan fingerprint density at radius 1 is 0.909 bits per heavy atom. The molecule has 1 aliphatic rings. The number of amides is 2. The zero-order valence-corrected chi connectivity index (χ0v) is 18.9. The summed E-state index contributed by atoms with van der Waals surface area (Å²) in [6, 6.07) is 20.8.